The summed E-state index contributed by atoms with van der Waals surface area (Å²) in [6, 6.07) is 0. The molecule has 0 aromatic carbocycles. The van der Waals surface area contributed by atoms with E-state index in [9.17, 15) is 0 Å². The monoisotopic (exact) mass is 199 g/mol. The van der Waals surface area contributed by atoms with Gasteiger partial charge < -0.3 is 4.52 Å². The average molecular weight is 199 g/mol. The molecule has 0 aliphatic rings. The van der Waals surface area contributed by atoms with Gasteiger partial charge in [0.15, 0.2) is 4.34 Å². The molecule has 0 amide bonds. The van der Waals surface area contributed by atoms with Crippen LogP contribution in [0.25, 0.3) is 0 Å². The van der Waals surface area contributed by atoms with Gasteiger partial charge in [-0.1, -0.05) is 28.3 Å². The third-order valence-corrected chi connectivity index (χ3v) is 3.12. The predicted octanol–water partition coefficient (Wildman–Crippen LogP) is 1.82. The first-order valence-corrected chi connectivity index (χ1v) is 5.09. The Morgan fingerprint density at radius 2 is 2.58 bits per heavy atom. The Balaban J connectivity index is 1.91. The van der Waals surface area contributed by atoms with E-state index < -0.39 is 0 Å². The second-order valence-corrected chi connectivity index (χ2v) is 4.08. The maximum Gasteiger partial charge on any atom is 0.174 e. The Morgan fingerprint density at radius 3 is 3.25 bits per heavy atom. The molecule has 0 saturated heterocycles. The van der Waals surface area contributed by atoms with Gasteiger partial charge in [0.05, 0.1) is 6.20 Å². The van der Waals surface area contributed by atoms with E-state index in [1.807, 2.05) is 0 Å². The van der Waals surface area contributed by atoms with Crippen molar-refractivity contribution >= 4 is 23.1 Å². The van der Waals surface area contributed by atoms with Crippen molar-refractivity contribution in [2.45, 2.75) is 10.1 Å². The van der Waals surface area contributed by atoms with Gasteiger partial charge in [0.25, 0.3) is 0 Å². The molecule has 62 valence electrons. The first-order chi connectivity index (χ1) is 5.95. The lowest BCUT2D eigenvalue weighted by atomic mass is 10.4. The minimum absolute atomic E-state index is 0.832. The summed E-state index contributed by atoms with van der Waals surface area (Å²) in [5.74, 6) is 0.832. The normalized spacial score (nSPS) is 10.3. The summed E-state index contributed by atoms with van der Waals surface area (Å²) in [4.78, 5) is 0. The number of hydrogen-bond acceptors (Lipinski definition) is 6. The summed E-state index contributed by atoms with van der Waals surface area (Å²) in [7, 11) is 0. The van der Waals surface area contributed by atoms with Crippen LogP contribution in [0, 0.1) is 0 Å². The molecule has 0 unspecified atom stereocenters. The van der Waals surface area contributed by atoms with E-state index >= 15 is 0 Å². The molecule has 0 aliphatic carbocycles. The lowest BCUT2D eigenvalue weighted by Gasteiger charge is -1.89. The minimum atomic E-state index is 0.832. The standard InChI is InChI=1S/C6H5N3OS2/c1-5(2-10-8-1)3-11-6-9-7-4-12-6/h1-2,4H,3H2. The molecule has 0 atom stereocenters. The summed E-state index contributed by atoms with van der Waals surface area (Å²) >= 11 is 3.16. The van der Waals surface area contributed by atoms with Gasteiger partial charge in [0.1, 0.15) is 11.8 Å². The highest BCUT2D eigenvalue weighted by Gasteiger charge is 2.00. The molecule has 0 aliphatic heterocycles. The van der Waals surface area contributed by atoms with Crippen LogP contribution in [0.2, 0.25) is 0 Å². The molecular formula is C6H5N3OS2. The molecule has 0 bridgehead atoms. The quantitative estimate of drug-likeness (QED) is 0.706. The molecule has 2 aromatic rings. The zero-order valence-corrected chi connectivity index (χ0v) is 7.64. The number of aromatic nitrogens is 3. The summed E-state index contributed by atoms with van der Waals surface area (Å²) < 4.78 is 5.66. The van der Waals surface area contributed by atoms with Crippen LogP contribution >= 0.6 is 23.1 Å². The van der Waals surface area contributed by atoms with Crippen LogP contribution in [0.5, 0.6) is 0 Å². The molecule has 4 nitrogen and oxygen atoms in total. The molecule has 0 saturated carbocycles. The van der Waals surface area contributed by atoms with Crippen LogP contribution < -0.4 is 0 Å². The van der Waals surface area contributed by atoms with E-state index in [1.165, 1.54) is 11.3 Å². The highest BCUT2D eigenvalue weighted by atomic mass is 32.2. The van der Waals surface area contributed by atoms with Crippen molar-refractivity contribution in [3.63, 3.8) is 0 Å². The summed E-state index contributed by atoms with van der Waals surface area (Å²) in [6.45, 7) is 0. The third-order valence-electron chi connectivity index (χ3n) is 1.19. The molecular weight excluding hydrogens is 194 g/mol. The van der Waals surface area contributed by atoms with Gasteiger partial charge in [-0.25, -0.2) is 0 Å². The van der Waals surface area contributed by atoms with E-state index in [1.54, 1.807) is 29.7 Å². The molecule has 0 fully saturated rings. The van der Waals surface area contributed by atoms with Gasteiger partial charge in [0.2, 0.25) is 0 Å². The van der Waals surface area contributed by atoms with Crippen molar-refractivity contribution in [1.29, 1.82) is 0 Å². The van der Waals surface area contributed by atoms with Gasteiger partial charge >= 0.3 is 0 Å². The Morgan fingerprint density at radius 1 is 1.58 bits per heavy atom. The fraction of sp³-hybridized carbons (Fsp3) is 0.167. The van der Waals surface area contributed by atoms with Crippen molar-refractivity contribution in [3.05, 3.63) is 23.5 Å². The zero-order valence-electron chi connectivity index (χ0n) is 6.01. The van der Waals surface area contributed by atoms with Gasteiger partial charge in [-0.15, -0.1) is 10.2 Å². The first-order valence-electron chi connectivity index (χ1n) is 3.22. The van der Waals surface area contributed by atoms with Crippen LogP contribution in [0.4, 0.5) is 0 Å². The van der Waals surface area contributed by atoms with Crippen LogP contribution in [0.15, 0.2) is 26.8 Å². The molecule has 6 heteroatoms. The molecule has 12 heavy (non-hydrogen) atoms. The smallest absolute Gasteiger partial charge is 0.174 e. The second-order valence-electron chi connectivity index (χ2n) is 2.03. The molecule has 2 aromatic heterocycles. The van der Waals surface area contributed by atoms with Crippen molar-refractivity contribution in [3.8, 4) is 0 Å². The van der Waals surface area contributed by atoms with Crippen LogP contribution in [-0.2, 0) is 5.75 Å². The van der Waals surface area contributed by atoms with E-state index in [0.29, 0.717) is 0 Å². The lowest BCUT2D eigenvalue weighted by Crippen LogP contribution is -1.75. The number of hydrogen-bond donors (Lipinski definition) is 0. The third kappa shape index (κ3) is 1.83. The van der Waals surface area contributed by atoms with Crippen molar-refractivity contribution in [2.24, 2.45) is 0 Å². The topological polar surface area (TPSA) is 51.8 Å². The van der Waals surface area contributed by atoms with E-state index in [4.69, 9.17) is 0 Å². The van der Waals surface area contributed by atoms with Crippen LogP contribution in [0.1, 0.15) is 5.56 Å². The molecule has 0 N–H and O–H groups in total. The summed E-state index contributed by atoms with van der Waals surface area (Å²) in [6.07, 6.45) is 3.34. The van der Waals surface area contributed by atoms with Gasteiger partial charge in [0, 0.05) is 11.3 Å². The Kier molecular flexibility index (Phi) is 2.38. The number of nitrogens with zero attached hydrogens (tertiary/aromatic N) is 3. The van der Waals surface area contributed by atoms with E-state index in [0.717, 1.165) is 15.7 Å². The van der Waals surface area contributed by atoms with Gasteiger partial charge in [-0.05, 0) is 0 Å². The average Bonchev–Trinajstić information content (AvgIpc) is 2.74. The summed E-state index contributed by atoms with van der Waals surface area (Å²) in [5.41, 5.74) is 2.78. The van der Waals surface area contributed by atoms with Crippen molar-refractivity contribution in [2.75, 3.05) is 0 Å². The Bertz CT molecular complexity index is 284. The van der Waals surface area contributed by atoms with E-state index in [2.05, 4.69) is 19.9 Å². The lowest BCUT2D eigenvalue weighted by molar-refractivity contribution is 0.419. The summed E-state index contributed by atoms with van der Waals surface area (Å²) in [5, 5.41) is 11.2. The zero-order chi connectivity index (χ0) is 8.23. The Labute approximate surface area is 77.0 Å². The molecule has 2 heterocycles. The maximum atomic E-state index is 4.69. The van der Waals surface area contributed by atoms with Crippen LogP contribution in [-0.4, -0.2) is 15.4 Å². The fourth-order valence-electron chi connectivity index (χ4n) is 0.669. The molecule has 0 radical (unpaired) electrons. The van der Waals surface area contributed by atoms with Gasteiger partial charge in [-0.3, -0.25) is 0 Å². The van der Waals surface area contributed by atoms with Crippen molar-refractivity contribution in [1.82, 2.24) is 15.4 Å². The maximum absolute atomic E-state index is 4.69. The Hall–Kier alpha value is -0.880. The number of rotatable bonds is 3. The van der Waals surface area contributed by atoms with E-state index in [-0.39, 0.29) is 0 Å². The van der Waals surface area contributed by atoms with Gasteiger partial charge in [-0.2, -0.15) is 0 Å². The predicted molar refractivity (Wildman–Crippen MR) is 46.0 cm³/mol. The SMILES string of the molecule is c1nnc(SCc2cnoc2)s1. The minimum Gasteiger partial charge on any atom is -0.364 e. The second kappa shape index (κ2) is 3.68. The van der Waals surface area contributed by atoms with Crippen molar-refractivity contribution < 1.29 is 4.52 Å². The number of thioether (sulfide) groups is 1. The first kappa shape index (κ1) is 7.75. The largest absolute Gasteiger partial charge is 0.364 e. The highest BCUT2D eigenvalue weighted by molar-refractivity contribution is 8.00. The van der Waals surface area contributed by atoms with Crippen LogP contribution in [0.3, 0.4) is 0 Å². The molecule has 2 rings (SSSR count). The fourth-order valence-corrected chi connectivity index (χ4v) is 2.06. The highest BCUT2D eigenvalue weighted by Crippen LogP contribution is 2.22. The molecule has 0 spiro atoms.